The second kappa shape index (κ2) is 3.54. The van der Waals surface area contributed by atoms with Gasteiger partial charge in [-0.15, -0.1) is 0 Å². The van der Waals surface area contributed by atoms with Crippen molar-refractivity contribution in [2.75, 3.05) is 0 Å². The van der Waals surface area contributed by atoms with Crippen LogP contribution in [-0.4, -0.2) is 0 Å². The summed E-state index contributed by atoms with van der Waals surface area (Å²) in [6, 6.07) is 7.80. The molecule has 2 N–H and O–H groups in total. The second-order valence-corrected chi connectivity index (χ2v) is 2.21. The van der Waals surface area contributed by atoms with Gasteiger partial charge in [0.1, 0.15) is 5.82 Å². The van der Waals surface area contributed by atoms with Gasteiger partial charge in [-0.2, -0.15) is 5.26 Å². The first-order valence-corrected chi connectivity index (χ1v) is 3.36. The van der Waals surface area contributed by atoms with Crippen molar-refractivity contribution in [3.8, 4) is 6.07 Å². The largest absolute Gasteiger partial charge is 0.398 e. The van der Waals surface area contributed by atoms with Gasteiger partial charge in [0.15, 0.2) is 0 Å². The van der Waals surface area contributed by atoms with Gasteiger partial charge in [0.25, 0.3) is 0 Å². The Balaban J connectivity index is 3.13. The number of benzene rings is 1. The molecule has 0 aromatic heterocycles. The lowest BCUT2D eigenvalue weighted by Gasteiger charge is -1.99. The highest BCUT2D eigenvalue weighted by atomic mass is 19.1. The van der Waals surface area contributed by atoms with Crippen molar-refractivity contribution >= 4 is 5.70 Å². The molecule has 1 aromatic rings. The minimum absolute atomic E-state index is 0.149. The smallest absolute Gasteiger partial charge is 0.132 e. The van der Waals surface area contributed by atoms with E-state index in [1.165, 1.54) is 12.1 Å². The molecule has 0 amide bonds. The van der Waals surface area contributed by atoms with Gasteiger partial charge in [0, 0.05) is 11.6 Å². The summed E-state index contributed by atoms with van der Waals surface area (Å²) in [4.78, 5) is 0. The number of hydrogen-bond acceptors (Lipinski definition) is 2. The van der Waals surface area contributed by atoms with Crippen LogP contribution in [-0.2, 0) is 0 Å². The van der Waals surface area contributed by atoms with Crippen LogP contribution < -0.4 is 5.73 Å². The van der Waals surface area contributed by atoms with Gasteiger partial charge in [-0.05, 0) is 12.1 Å². The van der Waals surface area contributed by atoms with Crippen LogP contribution in [0.3, 0.4) is 0 Å². The van der Waals surface area contributed by atoms with Crippen molar-refractivity contribution in [3.63, 3.8) is 0 Å². The second-order valence-electron chi connectivity index (χ2n) is 2.21. The Morgan fingerprint density at radius 2 is 2.17 bits per heavy atom. The van der Waals surface area contributed by atoms with Crippen LogP contribution >= 0.6 is 0 Å². The molecule has 3 heteroatoms. The van der Waals surface area contributed by atoms with E-state index in [1.54, 1.807) is 18.2 Å². The molecule has 0 aliphatic heterocycles. The highest BCUT2D eigenvalue weighted by Gasteiger charge is 2.01. The molecule has 0 atom stereocenters. The molecule has 0 heterocycles. The van der Waals surface area contributed by atoms with Crippen LogP contribution in [0.1, 0.15) is 5.56 Å². The zero-order valence-electron chi connectivity index (χ0n) is 6.29. The van der Waals surface area contributed by atoms with E-state index in [4.69, 9.17) is 11.0 Å². The summed E-state index contributed by atoms with van der Waals surface area (Å²) < 4.78 is 12.9. The maximum absolute atomic E-state index is 12.9. The molecule has 0 radical (unpaired) electrons. The predicted molar refractivity (Wildman–Crippen MR) is 44.2 cm³/mol. The van der Waals surface area contributed by atoms with Gasteiger partial charge in [-0.3, -0.25) is 0 Å². The minimum atomic E-state index is -0.415. The highest BCUT2D eigenvalue weighted by Crippen LogP contribution is 2.12. The van der Waals surface area contributed by atoms with E-state index in [-0.39, 0.29) is 11.3 Å². The van der Waals surface area contributed by atoms with Crippen LogP contribution in [0.15, 0.2) is 30.3 Å². The molecule has 1 aromatic carbocycles. The molecular weight excluding hydrogens is 155 g/mol. The normalized spacial score (nSPS) is 10.8. The number of nitrogens with zero attached hydrogens (tertiary/aromatic N) is 1. The molecule has 0 aliphatic rings. The Morgan fingerprint density at radius 1 is 1.50 bits per heavy atom. The van der Waals surface area contributed by atoms with E-state index in [9.17, 15) is 4.39 Å². The first kappa shape index (κ1) is 8.28. The summed E-state index contributed by atoms with van der Waals surface area (Å²) in [5.74, 6) is -0.415. The first-order chi connectivity index (χ1) is 5.75. The van der Waals surface area contributed by atoms with Crippen molar-refractivity contribution in [1.29, 1.82) is 5.26 Å². The van der Waals surface area contributed by atoms with Crippen molar-refractivity contribution in [1.82, 2.24) is 0 Å². The Kier molecular flexibility index (Phi) is 2.44. The number of nitriles is 1. The molecule has 0 spiro atoms. The molecule has 12 heavy (non-hydrogen) atoms. The minimum Gasteiger partial charge on any atom is -0.398 e. The van der Waals surface area contributed by atoms with Crippen molar-refractivity contribution in [2.45, 2.75) is 0 Å². The summed E-state index contributed by atoms with van der Waals surface area (Å²) >= 11 is 0. The van der Waals surface area contributed by atoms with Gasteiger partial charge in [-0.25, -0.2) is 4.39 Å². The predicted octanol–water partition coefficient (Wildman–Crippen LogP) is 1.65. The SMILES string of the molecule is N#CC=C(N)c1ccccc1F. The number of halogens is 1. The Labute approximate surface area is 69.7 Å². The van der Waals surface area contributed by atoms with Gasteiger partial charge in [0.05, 0.1) is 11.8 Å². The van der Waals surface area contributed by atoms with E-state index in [1.807, 2.05) is 0 Å². The van der Waals surface area contributed by atoms with Crippen molar-refractivity contribution in [2.24, 2.45) is 5.73 Å². The van der Waals surface area contributed by atoms with E-state index in [0.717, 1.165) is 6.08 Å². The zero-order valence-corrected chi connectivity index (χ0v) is 6.29. The topological polar surface area (TPSA) is 49.8 Å². The van der Waals surface area contributed by atoms with E-state index in [2.05, 4.69) is 0 Å². The fourth-order valence-corrected chi connectivity index (χ4v) is 0.843. The Morgan fingerprint density at radius 3 is 2.75 bits per heavy atom. The van der Waals surface area contributed by atoms with Crippen LogP contribution in [0.4, 0.5) is 4.39 Å². The molecule has 0 bridgehead atoms. The van der Waals surface area contributed by atoms with Gasteiger partial charge in [0.2, 0.25) is 0 Å². The van der Waals surface area contributed by atoms with Gasteiger partial charge in [-0.1, -0.05) is 12.1 Å². The number of allylic oxidation sites excluding steroid dienone is 1. The lowest BCUT2D eigenvalue weighted by Crippen LogP contribution is -1.98. The first-order valence-electron chi connectivity index (χ1n) is 3.36. The zero-order chi connectivity index (χ0) is 8.97. The molecule has 0 saturated heterocycles. The fraction of sp³-hybridized carbons (Fsp3) is 0. The quantitative estimate of drug-likeness (QED) is 0.638. The molecular formula is C9H7FN2. The summed E-state index contributed by atoms with van der Waals surface area (Å²) in [5, 5.41) is 8.26. The highest BCUT2D eigenvalue weighted by molar-refractivity contribution is 5.64. The molecule has 0 saturated carbocycles. The molecule has 0 aliphatic carbocycles. The maximum atomic E-state index is 12.9. The standard InChI is InChI=1S/C9H7FN2/c10-8-4-2-1-3-7(8)9(12)5-6-11/h1-5H,12H2. The summed E-state index contributed by atoms with van der Waals surface area (Å²) in [5.41, 5.74) is 5.82. The van der Waals surface area contributed by atoms with Crippen molar-refractivity contribution in [3.05, 3.63) is 41.7 Å². The number of hydrogen-bond donors (Lipinski definition) is 1. The third kappa shape index (κ3) is 1.61. The van der Waals surface area contributed by atoms with Crippen LogP contribution in [0.5, 0.6) is 0 Å². The van der Waals surface area contributed by atoms with Crippen LogP contribution in [0.25, 0.3) is 5.70 Å². The summed E-state index contributed by atoms with van der Waals surface area (Å²) in [6.07, 6.45) is 1.11. The van der Waals surface area contributed by atoms with E-state index < -0.39 is 5.82 Å². The Bertz CT molecular complexity index is 350. The van der Waals surface area contributed by atoms with Gasteiger partial charge < -0.3 is 5.73 Å². The third-order valence-corrected chi connectivity index (χ3v) is 1.40. The summed E-state index contributed by atoms with van der Waals surface area (Å²) in [6.45, 7) is 0. The Hall–Kier alpha value is -1.82. The van der Waals surface area contributed by atoms with Gasteiger partial charge >= 0.3 is 0 Å². The van der Waals surface area contributed by atoms with E-state index >= 15 is 0 Å². The molecule has 0 fully saturated rings. The lowest BCUT2D eigenvalue weighted by molar-refractivity contribution is 0.624. The fourth-order valence-electron chi connectivity index (χ4n) is 0.843. The van der Waals surface area contributed by atoms with Crippen LogP contribution in [0.2, 0.25) is 0 Å². The molecule has 60 valence electrons. The lowest BCUT2D eigenvalue weighted by atomic mass is 10.1. The average molecular weight is 162 g/mol. The average Bonchev–Trinajstić information content (AvgIpc) is 2.05. The molecule has 0 unspecified atom stereocenters. The molecule has 1 rings (SSSR count). The monoisotopic (exact) mass is 162 g/mol. The molecule has 2 nitrogen and oxygen atoms in total. The summed E-state index contributed by atoms with van der Waals surface area (Å²) in [7, 11) is 0. The number of rotatable bonds is 1. The van der Waals surface area contributed by atoms with E-state index in [0.29, 0.717) is 0 Å². The van der Waals surface area contributed by atoms with Crippen molar-refractivity contribution < 1.29 is 4.39 Å². The number of nitrogens with two attached hydrogens (primary N) is 1. The maximum Gasteiger partial charge on any atom is 0.132 e. The van der Waals surface area contributed by atoms with Crippen LogP contribution in [0, 0.1) is 17.1 Å². The third-order valence-electron chi connectivity index (χ3n) is 1.40.